The molecule has 17 heavy (non-hydrogen) atoms. The van der Waals surface area contributed by atoms with E-state index >= 15 is 0 Å². The van der Waals surface area contributed by atoms with Gasteiger partial charge in [0, 0.05) is 30.1 Å². The molecule has 92 valence electrons. The minimum Gasteiger partial charge on any atom is -0.335 e. The van der Waals surface area contributed by atoms with Gasteiger partial charge in [-0.2, -0.15) is 0 Å². The summed E-state index contributed by atoms with van der Waals surface area (Å²) in [5, 5.41) is 0. The highest BCUT2D eigenvalue weighted by Crippen LogP contribution is 2.23. The van der Waals surface area contributed by atoms with Crippen molar-refractivity contribution < 1.29 is 4.79 Å². The van der Waals surface area contributed by atoms with Crippen LogP contribution in [0.4, 0.5) is 0 Å². The molecule has 0 aromatic carbocycles. The monoisotopic (exact) mass is 270 g/mol. The van der Waals surface area contributed by atoms with E-state index in [-0.39, 0.29) is 11.9 Å². The minimum atomic E-state index is 0.0440. The van der Waals surface area contributed by atoms with Gasteiger partial charge in [-0.3, -0.25) is 4.79 Å². The zero-order valence-electron chi connectivity index (χ0n) is 9.43. The molecule has 3 nitrogen and oxygen atoms in total. The van der Waals surface area contributed by atoms with Gasteiger partial charge in [0.05, 0.1) is 4.34 Å². The molecule has 0 saturated carbocycles. The van der Waals surface area contributed by atoms with Crippen LogP contribution in [0.1, 0.15) is 17.7 Å². The van der Waals surface area contributed by atoms with Crippen LogP contribution < -0.4 is 5.73 Å². The van der Waals surface area contributed by atoms with Crippen LogP contribution in [0, 0.1) is 0 Å². The quantitative estimate of drug-likeness (QED) is 0.857. The number of carbonyl (C=O) groups excluding carboxylic acids is 1. The molecule has 1 atom stereocenters. The van der Waals surface area contributed by atoms with Crippen LogP contribution in [-0.4, -0.2) is 29.9 Å². The number of amides is 1. The third-order valence-electron chi connectivity index (χ3n) is 2.92. The lowest BCUT2D eigenvalue weighted by Crippen LogP contribution is -2.38. The molecule has 1 saturated heterocycles. The summed E-state index contributed by atoms with van der Waals surface area (Å²) in [6.45, 7) is 1.36. The van der Waals surface area contributed by atoms with Gasteiger partial charge in [0.15, 0.2) is 0 Å². The van der Waals surface area contributed by atoms with Gasteiger partial charge in [-0.25, -0.2) is 0 Å². The van der Waals surface area contributed by atoms with Crippen molar-refractivity contribution in [2.45, 2.75) is 18.9 Å². The molecule has 0 radical (unpaired) electrons. The molecule has 5 heteroatoms. The van der Waals surface area contributed by atoms with Crippen molar-refractivity contribution in [2.24, 2.45) is 5.73 Å². The van der Waals surface area contributed by atoms with Crippen LogP contribution >= 0.6 is 22.9 Å². The Morgan fingerprint density at radius 3 is 3.12 bits per heavy atom. The largest absolute Gasteiger partial charge is 0.335 e. The Hall–Kier alpha value is -0.840. The number of carbonyl (C=O) groups is 1. The molecular formula is C12H15ClN2OS. The zero-order valence-corrected chi connectivity index (χ0v) is 11.0. The highest BCUT2D eigenvalue weighted by atomic mass is 35.5. The molecule has 1 amide bonds. The van der Waals surface area contributed by atoms with E-state index in [1.807, 2.05) is 23.1 Å². The second-order valence-electron chi connectivity index (χ2n) is 4.04. The number of thiophene rings is 1. The molecule has 1 fully saturated rings. The fraction of sp³-hybridized carbons (Fsp3) is 0.417. The van der Waals surface area contributed by atoms with Gasteiger partial charge in [0.1, 0.15) is 0 Å². The summed E-state index contributed by atoms with van der Waals surface area (Å²) in [6.07, 6.45) is 5.48. The second-order valence-corrected chi connectivity index (χ2v) is 5.79. The predicted octanol–water partition coefficient (Wildman–Crippen LogP) is 2.36. The molecule has 0 spiro atoms. The number of halogens is 1. The molecule has 1 aliphatic heterocycles. The van der Waals surface area contributed by atoms with Gasteiger partial charge in [-0.1, -0.05) is 11.6 Å². The van der Waals surface area contributed by atoms with Crippen molar-refractivity contribution in [3.8, 4) is 0 Å². The fourth-order valence-corrected chi connectivity index (χ4v) is 3.00. The van der Waals surface area contributed by atoms with Crippen LogP contribution in [0.3, 0.4) is 0 Å². The molecule has 2 rings (SSSR count). The maximum absolute atomic E-state index is 11.9. The summed E-state index contributed by atoms with van der Waals surface area (Å²) in [7, 11) is 0. The standard InChI is InChI=1S/C12H15ClN2OS/c13-11-5-3-10(17-11)4-6-12(16)15-7-1-2-9(15)8-14/h3-6,9H,1-2,7-8,14H2. The van der Waals surface area contributed by atoms with Crippen molar-refractivity contribution in [2.75, 3.05) is 13.1 Å². The average molecular weight is 271 g/mol. The van der Waals surface area contributed by atoms with E-state index in [1.54, 1.807) is 6.08 Å². The maximum atomic E-state index is 11.9. The van der Waals surface area contributed by atoms with Crippen molar-refractivity contribution >= 4 is 34.9 Å². The van der Waals surface area contributed by atoms with Gasteiger partial charge in [0.25, 0.3) is 0 Å². The molecule has 0 aliphatic carbocycles. The lowest BCUT2D eigenvalue weighted by Gasteiger charge is -2.21. The zero-order chi connectivity index (χ0) is 12.3. The number of likely N-dealkylation sites (tertiary alicyclic amines) is 1. The van der Waals surface area contributed by atoms with Gasteiger partial charge in [0.2, 0.25) is 5.91 Å². The van der Waals surface area contributed by atoms with Gasteiger partial charge in [-0.15, -0.1) is 11.3 Å². The molecular weight excluding hydrogens is 256 g/mol. The van der Waals surface area contributed by atoms with E-state index in [1.165, 1.54) is 11.3 Å². The molecule has 0 bridgehead atoms. The first-order valence-corrected chi connectivity index (χ1v) is 6.84. The molecule has 2 heterocycles. The molecule has 1 aromatic rings. The number of nitrogens with zero attached hydrogens (tertiary/aromatic N) is 1. The SMILES string of the molecule is NCC1CCCN1C(=O)C=Cc1ccc(Cl)s1. The van der Waals surface area contributed by atoms with Crippen molar-refractivity contribution in [1.29, 1.82) is 0 Å². The highest BCUT2D eigenvalue weighted by molar-refractivity contribution is 7.17. The normalized spacial score (nSPS) is 20.4. The molecule has 1 aliphatic rings. The van der Waals surface area contributed by atoms with E-state index in [2.05, 4.69) is 0 Å². The number of rotatable bonds is 3. The van der Waals surface area contributed by atoms with E-state index in [9.17, 15) is 4.79 Å². The van der Waals surface area contributed by atoms with E-state index in [4.69, 9.17) is 17.3 Å². The first kappa shape index (κ1) is 12.6. The van der Waals surface area contributed by atoms with Gasteiger partial charge in [-0.05, 0) is 31.1 Å². The highest BCUT2D eigenvalue weighted by Gasteiger charge is 2.25. The van der Waals surface area contributed by atoms with Crippen molar-refractivity contribution in [1.82, 2.24) is 4.90 Å². The minimum absolute atomic E-state index is 0.0440. The van der Waals surface area contributed by atoms with Crippen LogP contribution in [0.5, 0.6) is 0 Å². The Bertz CT molecular complexity index is 430. The van der Waals surface area contributed by atoms with Crippen molar-refractivity contribution in [3.05, 3.63) is 27.4 Å². The van der Waals surface area contributed by atoms with E-state index in [0.29, 0.717) is 6.54 Å². The first-order valence-electron chi connectivity index (χ1n) is 5.65. The summed E-state index contributed by atoms with van der Waals surface area (Å²) in [5.74, 6) is 0.0440. The van der Waals surface area contributed by atoms with Crippen molar-refractivity contribution in [3.63, 3.8) is 0 Å². The predicted molar refractivity (Wildman–Crippen MR) is 72.2 cm³/mol. The molecule has 1 unspecified atom stereocenters. The van der Waals surface area contributed by atoms with E-state index in [0.717, 1.165) is 28.6 Å². The van der Waals surface area contributed by atoms with Crippen LogP contribution in [-0.2, 0) is 4.79 Å². The fourth-order valence-electron chi connectivity index (χ4n) is 2.04. The molecule has 2 N–H and O–H groups in total. The average Bonchev–Trinajstić information content (AvgIpc) is 2.94. The number of hydrogen-bond acceptors (Lipinski definition) is 3. The Kier molecular flexibility index (Phi) is 4.20. The second kappa shape index (κ2) is 5.67. The lowest BCUT2D eigenvalue weighted by atomic mass is 10.2. The first-order chi connectivity index (χ1) is 8.20. The summed E-state index contributed by atoms with van der Waals surface area (Å²) in [4.78, 5) is 14.8. The van der Waals surface area contributed by atoms with Crippen LogP contribution in [0.15, 0.2) is 18.2 Å². The Balaban J connectivity index is 1.99. The third-order valence-corrected chi connectivity index (χ3v) is 4.11. The smallest absolute Gasteiger partial charge is 0.246 e. The van der Waals surface area contributed by atoms with Gasteiger partial charge < -0.3 is 10.6 Å². The summed E-state index contributed by atoms with van der Waals surface area (Å²) < 4.78 is 0.734. The Morgan fingerprint density at radius 2 is 2.47 bits per heavy atom. The summed E-state index contributed by atoms with van der Waals surface area (Å²) in [5.41, 5.74) is 5.64. The van der Waals surface area contributed by atoms with E-state index < -0.39 is 0 Å². The summed E-state index contributed by atoms with van der Waals surface area (Å²) in [6, 6.07) is 3.94. The number of nitrogens with two attached hydrogens (primary N) is 1. The molecule has 1 aromatic heterocycles. The van der Waals surface area contributed by atoms with Crippen LogP contribution in [0.25, 0.3) is 6.08 Å². The maximum Gasteiger partial charge on any atom is 0.246 e. The van der Waals surface area contributed by atoms with Gasteiger partial charge >= 0.3 is 0 Å². The summed E-state index contributed by atoms with van der Waals surface area (Å²) >= 11 is 7.28. The third kappa shape index (κ3) is 3.09. The Morgan fingerprint density at radius 1 is 1.65 bits per heavy atom. The Labute approximate surface area is 110 Å². The number of hydrogen-bond donors (Lipinski definition) is 1. The van der Waals surface area contributed by atoms with Crippen LogP contribution in [0.2, 0.25) is 4.34 Å². The topological polar surface area (TPSA) is 46.3 Å². The lowest BCUT2D eigenvalue weighted by molar-refractivity contribution is -0.126.